The van der Waals surface area contributed by atoms with Crippen LogP contribution in [0.15, 0.2) is 54.6 Å². The lowest BCUT2D eigenvalue weighted by atomic mass is 10.0. The first-order chi connectivity index (χ1) is 11.8. The van der Waals surface area contributed by atoms with Gasteiger partial charge in [-0.1, -0.05) is 37.3 Å². The fraction of sp³-hybridized carbons (Fsp3) is 0.286. The van der Waals surface area contributed by atoms with Crippen LogP contribution >= 0.6 is 0 Å². The molecule has 0 fully saturated rings. The lowest BCUT2D eigenvalue weighted by Gasteiger charge is -2.28. The van der Waals surface area contributed by atoms with Gasteiger partial charge >= 0.3 is 0 Å². The molecule has 1 heterocycles. The minimum Gasteiger partial charge on any atom is -0.494 e. The highest BCUT2D eigenvalue weighted by atomic mass is 16.5. The van der Waals surface area contributed by atoms with Crippen molar-refractivity contribution in [1.29, 1.82) is 0 Å². The molecule has 24 heavy (non-hydrogen) atoms. The number of hydrogen-bond donors (Lipinski definition) is 0. The Morgan fingerprint density at radius 2 is 1.96 bits per heavy atom. The predicted octanol–water partition coefficient (Wildman–Crippen LogP) is 4.47. The number of nitrogens with zero attached hydrogens (tertiary/aromatic N) is 1. The molecule has 0 aliphatic carbocycles. The predicted molar refractivity (Wildman–Crippen MR) is 98.4 cm³/mol. The molecule has 0 saturated heterocycles. The fourth-order valence-corrected chi connectivity index (χ4v) is 2.92. The standard InChI is InChI=1S/C21H23NO2/c1-2-16-24-19-12-9-17(10-13-19)11-14-21(23)22-15-5-7-18-6-3-4-8-20(18)22/h3-4,6,8-14H,2,5,7,15-16H2,1H3. The zero-order valence-electron chi connectivity index (χ0n) is 14.1. The van der Waals surface area contributed by atoms with Gasteiger partial charge in [0.25, 0.3) is 5.91 Å². The molecule has 1 aliphatic heterocycles. The first-order valence-electron chi connectivity index (χ1n) is 8.58. The Hall–Kier alpha value is -2.55. The van der Waals surface area contributed by atoms with Gasteiger partial charge in [0.2, 0.25) is 0 Å². The Morgan fingerprint density at radius 1 is 1.17 bits per heavy atom. The molecule has 0 radical (unpaired) electrons. The average Bonchev–Trinajstić information content (AvgIpc) is 2.64. The van der Waals surface area contributed by atoms with E-state index in [-0.39, 0.29) is 5.91 Å². The van der Waals surface area contributed by atoms with Crippen LogP contribution in [-0.2, 0) is 11.2 Å². The molecular weight excluding hydrogens is 298 g/mol. The van der Waals surface area contributed by atoms with Gasteiger partial charge in [0.15, 0.2) is 0 Å². The van der Waals surface area contributed by atoms with Gasteiger partial charge in [0.1, 0.15) is 5.75 Å². The van der Waals surface area contributed by atoms with Crippen molar-refractivity contribution in [3.8, 4) is 5.75 Å². The second-order valence-corrected chi connectivity index (χ2v) is 5.97. The van der Waals surface area contributed by atoms with Crippen LogP contribution in [0.3, 0.4) is 0 Å². The summed E-state index contributed by atoms with van der Waals surface area (Å²) in [4.78, 5) is 14.4. The molecule has 124 valence electrons. The third-order valence-corrected chi connectivity index (χ3v) is 4.15. The minimum atomic E-state index is 0.0356. The van der Waals surface area contributed by atoms with Gasteiger partial charge in [-0.3, -0.25) is 4.79 Å². The number of aryl methyl sites for hydroxylation is 1. The maximum Gasteiger partial charge on any atom is 0.250 e. The number of ether oxygens (including phenoxy) is 1. The van der Waals surface area contributed by atoms with Crippen molar-refractivity contribution in [3.63, 3.8) is 0 Å². The van der Waals surface area contributed by atoms with Crippen molar-refractivity contribution in [2.45, 2.75) is 26.2 Å². The molecule has 0 aromatic heterocycles. The van der Waals surface area contributed by atoms with E-state index in [9.17, 15) is 4.79 Å². The van der Waals surface area contributed by atoms with Gasteiger partial charge in [0.05, 0.1) is 6.61 Å². The maximum absolute atomic E-state index is 12.6. The Labute approximate surface area is 143 Å². The van der Waals surface area contributed by atoms with Crippen molar-refractivity contribution in [1.82, 2.24) is 0 Å². The van der Waals surface area contributed by atoms with Gasteiger partial charge in [-0.15, -0.1) is 0 Å². The van der Waals surface area contributed by atoms with E-state index >= 15 is 0 Å². The van der Waals surface area contributed by atoms with Crippen LogP contribution in [0.25, 0.3) is 6.08 Å². The largest absolute Gasteiger partial charge is 0.494 e. The monoisotopic (exact) mass is 321 g/mol. The number of rotatable bonds is 5. The molecule has 2 aromatic carbocycles. The first-order valence-corrected chi connectivity index (χ1v) is 8.58. The van der Waals surface area contributed by atoms with E-state index in [1.807, 2.05) is 53.4 Å². The molecule has 1 amide bonds. The van der Waals surface area contributed by atoms with E-state index in [1.165, 1.54) is 5.56 Å². The smallest absolute Gasteiger partial charge is 0.250 e. The first kappa shape index (κ1) is 16.3. The number of carbonyl (C=O) groups is 1. The van der Waals surface area contributed by atoms with E-state index in [0.717, 1.165) is 49.4 Å². The number of anilines is 1. The highest BCUT2D eigenvalue weighted by Gasteiger charge is 2.20. The molecule has 3 rings (SSSR count). The highest BCUT2D eigenvalue weighted by Crippen LogP contribution is 2.27. The molecule has 0 bridgehead atoms. The van der Waals surface area contributed by atoms with Crippen LogP contribution < -0.4 is 9.64 Å². The molecule has 0 atom stereocenters. The highest BCUT2D eigenvalue weighted by molar-refractivity contribution is 6.04. The molecule has 0 spiro atoms. The van der Waals surface area contributed by atoms with E-state index in [1.54, 1.807) is 6.08 Å². The van der Waals surface area contributed by atoms with Crippen molar-refractivity contribution >= 4 is 17.7 Å². The third-order valence-electron chi connectivity index (χ3n) is 4.15. The number of carbonyl (C=O) groups excluding carboxylic acids is 1. The normalized spacial score (nSPS) is 13.8. The quantitative estimate of drug-likeness (QED) is 0.761. The topological polar surface area (TPSA) is 29.5 Å². The molecule has 0 saturated carbocycles. The summed E-state index contributed by atoms with van der Waals surface area (Å²) >= 11 is 0. The number of hydrogen-bond acceptors (Lipinski definition) is 2. The van der Waals surface area contributed by atoms with Crippen LogP contribution in [-0.4, -0.2) is 19.1 Å². The van der Waals surface area contributed by atoms with Crippen LogP contribution in [0.4, 0.5) is 5.69 Å². The summed E-state index contributed by atoms with van der Waals surface area (Å²) in [5, 5.41) is 0. The molecule has 0 unspecified atom stereocenters. The summed E-state index contributed by atoms with van der Waals surface area (Å²) in [5.74, 6) is 0.902. The number of fused-ring (bicyclic) bond motifs is 1. The minimum absolute atomic E-state index is 0.0356. The van der Waals surface area contributed by atoms with Crippen molar-refractivity contribution < 1.29 is 9.53 Å². The Bertz CT molecular complexity index is 719. The van der Waals surface area contributed by atoms with Crippen molar-refractivity contribution in [3.05, 3.63) is 65.7 Å². The lowest BCUT2D eigenvalue weighted by molar-refractivity contribution is -0.114. The summed E-state index contributed by atoms with van der Waals surface area (Å²) in [5.41, 5.74) is 3.29. The summed E-state index contributed by atoms with van der Waals surface area (Å²) in [7, 11) is 0. The summed E-state index contributed by atoms with van der Waals surface area (Å²) < 4.78 is 5.57. The second-order valence-electron chi connectivity index (χ2n) is 5.97. The van der Waals surface area contributed by atoms with E-state index in [2.05, 4.69) is 13.0 Å². The Kier molecular flexibility index (Phi) is 5.32. The lowest BCUT2D eigenvalue weighted by Crippen LogP contribution is -2.34. The summed E-state index contributed by atoms with van der Waals surface area (Å²) in [6, 6.07) is 16.0. The van der Waals surface area contributed by atoms with E-state index < -0.39 is 0 Å². The average molecular weight is 321 g/mol. The SMILES string of the molecule is CCCOc1ccc(C=CC(=O)N2CCCc3ccccc32)cc1. The molecule has 1 aliphatic rings. The molecule has 3 heteroatoms. The van der Waals surface area contributed by atoms with Gasteiger partial charge in [-0.25, -0.2) is 0 Å². The number of amides is 1. The maximum atomic E-state index is 12.6. The van der Waals surface area contributed by atoms with Crippen LogP contribution in [0.2, 0.25) is 0 Å². The van der Waals surface area contributed by atoms with Crippen LogP contribution in [0.5, 0.6) is 5.75 Å². The molecule has 3 nitrogen and oxygen atoms in total. The third kappa shape index (κ3) is 3.85. The second kappa shape index (κ2) is 7.82. The Morgan fingerprint density at radius 3 is 2.75 bits per heavy atom. The van der Waals surface area contributed by atoms with Crippen LogP contribution in [0, 0.1) is 0 Å². The molecule has 2 aromatic rings. The van der Waals surface area contributed by atoms with Gasteiger partial charge < -0.3 is 9.64 Å². The van der Waals surface area contributed by atoms with E-state index in [0.29, 0.717) is 0 Å². The number of benzene rings is 2. The zero-order valence-corrected chi connectivity index (χ0v) is 14.1. The number of para-hydroxylation sites is 1. The van der Waals surface area contributed by atoms with Gasteiger partial charge in [0, 0.05) is 18.3 Å². The Balaban J connectivity index is 1.68. The van der Waals surface area contributed by atoms with Crippen molar-refractivity contribution in [2.24, 2.45) is 0 Å². The molecule has 0 N–H and O–H groups in total. The van der Waals surface area contributed by atoms with Gasteiger partial charge in [-0.05, 0) is 54.7 Å². The summed E-state index contributed by atoms with van der Waals surface area (Å²) in [6.07, 6.45) is 6.57. The molecular formula is C21H23NO2. The van der Waals surface area contributed by atoms with Gasteiger partial charge in [-0.2, -0.15) is 0 Å². The summed E-state index contributed by atoms with van der Waals surface area (Å²) in [6.45, 7) is 3.59. The van der Waals surface area contributed by atoms with Crippen LogP contribution in [0.1, 0.15) is 30.9 Å². The van der Waals surface area contributed by atoms with E-state index in [4.69, 9.17) is 4.74 Å². The zero-order chi connectivity index (χ0) is 16.8. The fourth-order valence-electron chi connectivity index (χ4n) is 2.92. The van der Waals surface area contributed by atoms with Crippen molar-refractivity contribution in [2.75, 3.05) is 18.1 Å².